The summed E-state index contributed by atoms with van der Waals surface area (Å²) in [6, 6.07) is 0.571. The highest BCUT2D eigenvalue weighted by atomic mass is 16.3. The van der Waals surface area contributed by atoms with Crippen molar-refractivity contribution in [3.63, 3.8) is 0 Å². The van der Waals surface area contributed by atoms with Crippen LogP contribution in [0.1, 0.15) is 123 Å². The van der Waals surface area contributed by atoms with Crippen molar-refractivity contribution >= 4 is 0 Å². The minimum atomic E-state index is -0.275. The summed E-state index contributed by atoms with van der Waals surface area (Å²) >= 11 is 0. The van der Waals surface area contributed by atoms with Crippen LogP contribution in [0.5, 0.6) is 0 Å². The fourth-order valence-corrected chi connectivity index (χ4v) is 8.33. The van der Waals surface area contributed by atoms with Crippen LogP contribution in [-0.4, -0.2) is 17.4 Å². The minimum Gasteiger partial charge on any atom is -0.379 e. The zero-order chi connectivity index (χ0) is 20.9. The summed E-state index contributed by atoms with van der Waals surface area (Å²) in [6.45, 7) is 4.98. The summed E-state index contributed by atoms with van der Waals surface area (Å²) in [6.07, 6.45) is 23.6. The van der Waals surface area contributed by atoms with E-state index in [2.05, 4.69) is 19.2 Å². The lowest BCUT2D eigenvalue weighted by Gasteiger charge is -2.49. The van der Waals surface area contributed by atoms with Crippen molar-refractivity contribution in [2.45, 2.75) is 135 Å². The molecule has 0 aromatic heterocycles. The lowest BCUT2D eigenvalue weighted by Crippen LogP contribution is -2.51. The Bertz CT molecular complexity index is 501. The largest absolute Gasteiger partial charge is 0.379 e. The van der Waals surface area contributed by atoms with E-state index < -0.39 is 0 Å². The molecule has 0 aromatic carbocycles. The fraction of sp³-hybridized carbons (Fsp3) is 1.00. The lowest BCUT2D eigenvalue weighted by molar-refractivity contribution is 0.00449. The van der Waals surface area contributed by atoms with Crippen molar-refractivity contribution in [3.8, 4) is 0 Å². The molecule has 2 nitrogen and oxygen atoms in total. The van der Waals surface area contributed by atoms with Gasteiger partial charge in [0.05, 0.1) is 0 Å². The summed E-state index contributed by atoms with van der Waals surface area (Å²) < 4.78 is 0. The molecule has 4 aliphatic rings. The Labute approximate surface area is 187 Å². The predicted octanol–water partition coefficient (Wildman–Crippen LogP) is 7.30. The molecule has 4 fully saturated rings. The summed E-state index contributed by atoms with van der Waals surface area (Å²) in [5.74, 6) is 6.24. The van der Waals surface area contributed by atoms with Crippen LogP contribution in [0.25, 0.3) is 0 Å². The zero-order valence-electron chi connectivity index (χ0n) is 20.2. The van der Waals surface area contributed by atoms with Gasteiger partial charge >= 0.3 is 0 Å². The maximum Gasteiger partial charge on any atom is 0.105 e. The van der Waals surface area contributed by atoms with Crippen molar-refractivity contribution < 1.29 is 5.11 Å². The quantitative estimate of drug-likeness (QED) is 0.426. The smallest absolute Gasteiger partial charge is 0.105 e. The molecular formula is C28H51NO. The fourth-order valence-electron chi connectivity index (χ4n) is 8.33. The van der Waals surface area contributed by atoms with Crippen LogP contribution < -0.4 is 5.32 Å². The molecule has 0 bridgehead atoms. The monoisotopic (exact) mass is 417 g/mol. The van der Waals surface area contributed by atoms with Crippen molar-refractivity contribution in [2.24, 2.45) is 41.4 Å². The molecule has 2 heteroatoms. The molecule has 30 heavy (non-hydrogen) atoms. The third-order valence-electron chi connectivity index (χ3n) is 10.1. The Balaban J connectivity index is 1.25. The van der Waals surface area contributed by atoms with E-state index in [1.165, 1.54) is 103 Å². The van der Waals surface area contributed by atoms with Gasteiger partial charge in [-0.15, -0.1) is 0 Å². The first-order chi connectivity index (χ1) is 14.6. The molecule has 0 aromatic rings. The van der Waals surface area contributed by atoms with E-state index in [4.69, 9.17) is 0 Å². The average Bonchev–Trinajstić information content (AvgIpc) is 2.74. The van der Waals surface area contributed by atoms with E-state index in [0.29, 0.717) is 6.04 Å². The Kier molecular flexibility index (Phi) is 8.60. The molecule has 8 unspecified atom stereocenters. The lowest BCUT2D eigenvalue weighted by atomic mass is 9.59. The second-order valence-electron chi connectivity index (χ2n) is 12.2. The molecule has 4 saturated carbocycles. The summed E-state index contributed by atoms with van der Waals surface area (Å²) in [4.78, 5) is 0. The van der Waals surface area contributed by atoms with Crippen LogP contribution in [-0.2, 0) is 0 Å². The van der Waals surface area contributed by atoms with Crippen molar-refractivity contribution in [1.29, 1.82) is 0 Å². The molecule has 0 aliphatic heterocycles. The van der Waals surface area contributed by atoms with E-state index in [0.717, 1.165) is 47.8 Å². The second kappa shape index (κ2) is 11.2. The molecule has 0 radical (unpaired) electrons. The number of hydrogen-bond acceptors (Lipinski definition) is 2. The first kappa shape index (κ1) is 23.1. The first-order valence-corrected chi connectivity index (χ1v) is 14.0. The maximum absolute atomic E-state index is 10.9. The standard InChI is InChI=1S/C28H51NO/c1-20-8-6-11-23(18-20)19-28(30)29-27-13-7-12-25-21(2)24(16-17-26(25)27)15-14-22-9-4-3-5-10-22/h20-30H,3-19H2,1-2H3. The van der Waals surface area contributed by atoms with Crippen molar-refractivity contribution in [2.75, 3.05) is 0 Å². The molecule has 0 spiro atoms. The second-order valence-corrected chi connectivity index (χ2v) is 12.2. The number of nitrogens with one attached hydrogen (secondary N) is 1. The van der Waals surface area contributed by atoms with Crippen LogP contribution in [0.4, 0.5) is 0 Å². The third-order valence-corrected chi connectivity index (χ3v) is 10.1. The topological polar surface area (TPSA) is 32.3 Å². The van der Waals surface area contributed by atoms with Crippen LogP contribution >= 0.6 is 0 Å². The Morgan fingerprint density at radius 2 is 1.50 bits per heavy atom. The van der Waals surface area contributed by atoms with Gasteiger partial charge in [0.1, 0.15) is 6.23 Å². The van der Waals surface area contributed by atoms with E-state index >= 15 is 0 Å². The highest BCUT2D eigenvalue weighted by molar-refractivity contribution is 4.95. The van der Waals surface area contributed by atoms with Gasteiger partial charge in [-0.25, -0.2) is 0 Å². The first-order valence-electron chi connectivity index (χ1n) is 14.0. The van der Waals surface area contributed by atoms with Gasteiger partial charge in [0.2, 0.25) is 0 Å². The van der Waals surface area contributed by atoms with Gasteiger partial charge in [-0.3, -0.25) is 5.32 Å². The van der Waals surface area contributed by atoms with Gasteiger partial charge in [-0.2, -0.15) is 0 Å². The summed E-state index contributed by atoms with van der Waals surface area (Å²) in [5, 5.41) is 14.6. The molecule has 0 heterocycles. The number of hydrogen-bond donors (Lipinski definition) is 2. The average molecular weight is 418 g/mol. The van der Waals surface area contributed by atoms with E-state index in [1.54, 1.807) is 0 Å². The van der Waals surface area contributed by atoms with E-state index in [-0.39, 0.29) is 6.23 Å². The van der Waals surface area contributed by atoms with Gasteiger partial charge in [0.25, 0.3) is 0 Å². The third kappa shape index (κ3) is 6.03. The summed E-state index contributed by atoms with van der Waals surface area (Å²) in [7, 11) is 0. The number of aliphatic hydroxyl groups is 1. The van der Waals surface area contributed by atoms with Gasteiger partial charge < -0.3 is 5.11 Å². The van der Waals surface area contributed by atoms with Gasteiger partial charge in [-0.05, 0) is 86.4 Å². The van der Waals surface area contributed by atoms with Gasteiger partial charge in [0, 0.05) is 6.04 Å². The Morgan fingerprint density at radius 1 is 0.733 bits per heavy atom. The maximum atomic E-state index is 10.9. The van der Waals surface area contributed by atoms with Crippen LogP contribution in [0.2, 0.25) is 0 Å². The zero-order valence-corrected chi connectivity index (χ0v) is 20.2. The number of fused-ring (bicyclic) bond motifs is 1. The molecule has 0 amide bonds. The van der Waals surface area contributed by atoms with Crippen LogP contribution in [0, 0.1) is 41.4 Å². The highest BCUT2D eigenvalue weighted by Gasteiger charge is 2.42. The molecule has 8 atom stereocenters. The Morgan fingerprint density at radius 3 is 2.30 bits per heavy atom. The molecule has 4 rings (SSSR count). The molecule has 4 aliphatic carbocycles. The number of rotatable bonds is 7. The van der Waals surface area contributed by atoms with E-state index in [9.17, 15) is 5.11 Å². The van der Waals surface area contributed by atoms with Crippen LogP contribution in [0.15, 0.2) is 0 Å². The molecule has 174 valence electrons. The molecular weight excluding hydrogens is 366 g/mol. The Hall–Kier alpha value is -0.0800. The van der Waals surface area contributed by atoms with Crippen molar-refractivity contribution in [3.05, 3.63) is 0 Å². The minimum absolute atomic E-state index is 0.275. The van der Waals surface area contributed by atoms with Gasteiger partial charge in [-0.1, -0.05) is 78.1 Å². The predicted molar refractivity (Wildman–Crippen MR) is 127 cm³/mol. The van der Waals surface area contributed by atoms with Crippen LogP contribution in [0.3, 0.4) is 0 Å². The SMILES string of the molecule is CC1CCCC(CC(O)NC2CCCC3C(C)C(CCC4CCCCC4)CCC23)C1. The molecule has 2 N–H and O–H groups in total. The van der Waals surface area contributed by atoms with E-state index in [1.807, 2.05) is 0 Å². The van der Waals surface area contributed by atoms with Gasteiger partial charge in [0.15, 0.2) is 0 Å². The highest BCUT2D eigenvalue weighted by Crippen LogP contribution is 2.48. The number of aliphatic hydroxyl groups excluding tert-OH is 1. The molecule has 0 saturated heterocycles. The van der Waals surface area contributed by atoms with Crippen molar-refractivity contribution in [1.82, 2.24) is 5.32 Å². The normalized spacial score (nSPS) is 41.9. The summed E-state index contributed by atoms with van der Waals surface area (Å²) in [5.41, 5.74) is 0.